The van der Waals surface area contributed by atoms with Crippen LogP contribution in [0.4, 0.5) is 0 Å². The number of aliphatic hydroxyl groups excluding tert-OH is 1. The fourth-order valence-corrected chi connectivity index (χ4v) is 3.00. The van der Waals surface area contributed by atoms with Crippen LogP contribution < -0.4 is 0 Å². The number of piperidine rings is 1. The largest absolute Gasteiger partial charge is 0.395 e. The summed E-state index contributed by atoms with van der Waals surface area (Å²) in [6.07, 6.45) is 2.63. The van der Waals surface area contributed by atoms with E-state index < -0.39 is 0 Å². The summed E-state index contributed by atoms with van der Waals surface area (Å²) in [5.41, 5.74) is 1.10. The highest BCUT2D eigenvalue weighted by molar-refractivity contribution is 5.25. The third kappa shape index (κ3) is 3.12. The topological polar surface area (TPSA) is 23.5 Å². The summed E-state index contributed by atoms with van der Waals surface area (Å²) in [4.78, 5) is 2.51. The predicted molar refractivity (Wildman–Crippen MR) is 75.7 cm³/mol. The van der Waals surface area contributed by atoms with Gasteiger partial charge in [0.2, 0.25) is 0 Å². The fraction of sp³-hybridized carbons (Fsp3) is 0.625. The van der Waals surface area contributed by atoms with Gasteiger partial charge in [-0.1, -0.05) is 44.2 Å². The maximum atomic E-state index is 9.81. The molecule has 1 N–H and O–H groups in total. The van der Waals surface area contributed by atoms with Gasteiger partial charge in [-0.3, -0.25) is 0 Å². The molecule has 0 bridgehead atoms. The van der Waals surface area contributed by atoms with E-state index in [4.69, 9.17) is 0 Å². The van der Waals surface area contributed by atoms with Gasteiger partial charge in [-0.2, -0.15) is 0 Å². The molecule has 2 rings (SSSR count). The Morgan fingerprint density at radius 3 is 2.67 bits per heavy atom. The molecule has 2 nitrogen and oxygen atoms in total. The molecule has 1 fully saturated rings. The molecule has 1 aromatic carbocycles. The van der Waals surface area contributed by atoms with Crippen molar-refractivity contribution in [1.29, 1.82) is 0 Å². The molecular weight excluding hydrogens is 222 g/mol. The normalized spacial score (nSPS) is 24.7. The van der Waals surface area contributed by atoms with Crippen LogP contribution in [0, 0.1) is 5.92 Å². The minimum absolute atomic E-state index is 0.141. The summed E-state index contributed by atoms with van der Waals surface area (Å²) >= 11 is 0. The minimum Gasteiger partial charge on any atom is -0.395 e. The third-order valence-corrected chi connectivity index (χ3v) is 4.13. The van der Waals surface area contributed by atoms with E-state index in [0.29, 0.717) is 0 Å². The monoisotopic (exact) mass is 247 g/mol. The molecule has 1 aliphatic heterocycles. The molecule has 1 aliphatic rings. The number of likely N-dealkylation sites (tertiary alicyclic amines) is 1. The molecule has 2 atom stereocenters. The lowest BCUT2D eigenvalue weighted by Gasteiger charge is -2.38. The average Bonchev–Trinajstić information content (AvgIpc) is 2.39. The number of benzene rings is 1. The van der Waals surface area contributed by atoms with Crippen molar-refractivity contribution in [1.82, 2.24) is 4.90 Å². The Bertz CT molecular complexity index is 365. The third-order valence-electron chi connectivity index (χ3n) is 4.13. The molecular formula is C16H25NO. The van der Waals surface area contributed by atoms with Crippen molar-refractivity contribution in [2.75, 3.05) is 26.2 Å². The lowest BCUT2D eigenvalue weighted by Crippen LogP contribution is -2.45. The van der Waals surface area contributed by atoms with Gasteiger partial charge in [0.25, 0.3) is 0 Å². The average molecular weight is 247 g/mol. The molecule has 0 radical (unpaired) electrons. The van der Waals surface area contributed by atoms with E-state index in [-0.39, 0.29) is 12.0 Å². The van der Waals surface area contributed by atoms with Crippen LogP contribution in [-0.4, -0.2) is 36.2 Å². The molecule has 0 aromatic heterocycles. The summed E-state index contributed by atoms with van der Waals surface area (Å²) in [5.74, 6) is 0.789. The molecule has 2 heteroatoms. The van der Waals surface area contributed by atoms with Gasteiger partial charge in [0.1, 0.15) is 0 Å². The van der Waals surface area contributed by atoms with Crippen LogP contribution in [0.15, 0.2) is 30.3 Å². The van der Waals surface area contributed by atoms with Crippen LogP contribution in [0.3, 0.4) is 0 Å². The minimum atomic E-state index is -0.141. The molecule has 1 saturated heterocycles. The van der Waals surface area contributed by atoms with E-state index in [9.17, 15) is 5.11 Å². The van der Waals surface area contributed by atoms with E-state index in [1.54, 1.807) is 0 Å². The Kier molecular flexibility index (Phi) is 4.41. The van der Waals surface area contributed by atoms with E-state index in [1.165, 1.54) is 31.5 Å². The summed E-state index contributed by atoms with van der Waals surface area (Å²) in [5, 5.41) is 9.81. The maximum Gasteiger partial charge on any atom is 0.0537 e. The first-order valence-electron chi connectivity index (χ1n) is 7.03. The molecule has 0 aliphatic carbocycles. The summed E-state index contributed by atoms with van der Waals surface area (Å²) in [7, 11) is 0. The summed E-state index contributed by atoms with van der Waals surface area (Å²) in [6.45, 7) is 8.00. The number of nitrogens with zero attached hydrogens (tertiary/aromatic N) is 1. The first-order chi connectivity index (χ1) is 8.64. The van der Waals surface area contributed by atoms with Crippen LogP contribution in [0.2, 0.25) is 0 Å². The standard InChI is InChI=1S/C16H25NO/c1-14-7-6-10-17(11-14)12-16(2,13-18)15-8-4-3-5-9-15/h3-5,8-9,14,18H,6-7,10-13H2,1-2H3. The lowest BCUT2D eigenvalue weighted by molar-refractivity contribution is 0.112. The Labute approximate surface area is 111 Å². The second-order valence-electron chi connectivity index (χ2n) is 6.07. The number of aliphatic hydroxyl groups is 1. The van der Waals surface area contributed by atoms with E-state index in [2.05, 4.69) is 43.0 Å². The smallest absolute Gasteiger partial charge is 0.0537 e. The highest BCUT2D eigenvalue weighted by Crippen LogP contribution is 2.26. The van der Waals surface area contributed by atoms with Gasteiger partial charge < -0.3 is 10.0 Å². The molecule has 0 spiro atoms. The van der Waals surface area contributed by atoms with Crippen molar-refractivity contribution in [2.45, 2.75) is 32.1 Å². The molecule has 18 heavy (non-hydrogen) atoms. The van der Waals surface area contributed by atoms with Crippen LogP contribution in [0.25, 0.3) is 0 Å². The predicted octanol–water partition coefficient (Wildman–Crippen LogP) is 2.67. The summed E-state index contributed by atoms with van der Waals surface area (Å²) in [6, 6.07) is 10.4. The van der Waals surface area contributed by atoms with Gasteiger partial charge in [0.15, 0.2) is 0 Å². The van der Waals surface area contributed by atoms with E-state index in [1.807, 2.05) is 6.07 Å². The van der Waals surface area contributed by atoms with Crippen molar-refractivity contribution >= 4 is 0 Å². The molecule has 1 heterocycles. The zero-order valence-electron chi connectivity index (χ0n) is 11.6. The Morgan fingerprint density at radius 1 is 1.33 bits per heavy atom. The second-order valence-corrected chi connectivity index (χ2v) is 6.07. The molecule has 0 saturated carbocycles. The van der Waals surface area contributed by atoms with Gasteiger partial charge in [-0.05, 0) is 30.9 Å². The maximum absolute atomic E-state index is 9.81. The SMILES string of the molecule is CC1CCCN(CC(C)(CO)c2ccccc2)C1. The highest BCUT2D eigenvalue weighted by atomic mass is 16.3. The zero-order valence-corrected chi connectivity index (χ0v) is 11.6. The van der Waals surface area contributed by atoms with E-state index >= 15 is 0 Å². The van der Waals surface area contributed by atoms with Crippen LogP contribution in [0.5, 0.6) is 0 Å². The summed E-state index contributed by atoms with van der Waals surface area (Å²) < 4.78 is 0. The Hall–Kier alpha value is -0.860. The molecule has 1 aromatic rings. The van der Waals surface area contributed by atoms with Gasteiger partial charge in [0, 0.05) is 18.5 Å². The van der Waals surface area contributed by atoms with Crippen molar-refractivity contribution in [3.8, 4) is 0 Å². The molecule has 0 amide bonds. The van der Waals surface area contributed by atoms with Crippen molar-refractivity contribution in [3.63, 3.8) is 0 Å². The number of hydrogen-bond donors (Lipinski definition) is 1. The van der Waals surface area contributed by atoms with Crippen LogP contribution in [0.1, 0.15) is 32.3 Å². The van der Waals surface area contributed by atoms with Gasteiger partial charge in [-0.25, -0.2) is 0 Å². The lowest BCUT2D eigenvalue weighted by atomic mass is 9.82. The van der Waals surface area contributed by atoms with Crippen molar-refractivity contribution in [2.24, 2.45) is 5.92 Å². The zero-order chi connectivity index (χ0) is 13.0. The van der Waals surface area contributed by atoms with E-state index in [0.717, 1.165) is 12.5 Å². The van der Waals surface area contributed by atoms with Crippen molar-refractivity contribution < 1.29 is 5.11 Å². The highest BCUT2D eigenvalue weighted by Gasteiger charge is 2.30. The Morgan fingerprint density at radius 2 is 2.06 bits per heavy atom. The fourth-order valence-electron chi connectivity index (χ4n) is 3.00. The Balaban J connectivity index is 2.08. The van der Waals surface area contributed by atoms with Gasteiger partial charge in [-0.15, -0.1) is 0 Å². The van der Waals surface area contributed by atoms with Gasteiger partial charge in [0.05, 0.1) is 6.61 Å². The number of hydrogen-bond acceptors (Lipinski definition) is 2. The van der Waals surface area contributed by atoms with Crippen molar-refractivity contribution in [3.05, 3.63) is 35.9 Å². The van der Waals surface area contributed by atoms with Crippen LogP contribution >= 0.6 is 0 Å². The van der Waals surface area contributed by atoms with Crippen LogP contribution in [-0.2, 0) is 5.41 Å². The first-order valence-corrected chi connectivity index (χ1v) is 7.03. The second kappa shape index (κ2) is 5.85. The molecule has 100 valence electrons. The first kappa shape index (κ1) is 13.6. The number of rotatable bonds is 4. The quantitative estimate of drug-likeness (QED) is 0.884. The van der Waals surface area contributed by atoms with Gasteiger partial charge >= 0.3 is 0 Å². The molecule has 2 unspecified atom stereocenters.